The van der Waals surface area contributed by atoms with Gasteiger partial charge in [0.25, 0.3) is 0 Å². The molecule has 0 amide bonds. The number of rotatable bonds is 7. The fourth-order valence-corrected chi connectivity index (χ4v) is 2.12. The highest BCUT2D eigenvalue weighted by Crippen LogP contribution is 2.28. The summed E-state index contributed by atoms with van der Waals surface area (Å²) in [6.07, 6.45) is 1.86. The van der Waals surface area contributed by atoms with Gasteiger partial charge in [-0.25, -0.2) is 4.98 Å². The second kappa shape index (κ2) is 7.09. The highest BCUT2D eigenvalue weighted by Gasteiger charge is 2.19. The van der Waals surface area contributed by atoms with Gasteiger partial charge in [-0.3, -0.25) is 16.0 Å². The number of aryl methyl sites for hydroxylation is 1. The summed E-state index contributed by atoms with van der Waals surface area (Å²) in [7, 11) is 0. The Bertz CT molecular complexity index is 575. The maximum atomic E-state index is 12.5. The maximum absolute atomic E-state index is 12.5. The van der Waals surface area contributed by atoms with Crippen molar-refractivity contribution in [3.63, 3.8) is 0 Å². The molecule has 2 aromatic rings. The van der Waals surface area contributed by atoms with E-state index in [-0.39, 0.29) is 5.75 Å². The smallest absolute Gasteiger partial charge is 0.387 e. The first-order valence-corrected chi connectivity index (χ1v) is 6.52. The predicted octanol–water partition coefficient (Wildman–Crippen LogP) is 1.65. The third kappa shape index (κ3) is 3.73. The molecule has 1 aromatic carbocycles. The van der Waals surface area contributed by atoms with Crippen LogP contribution in [0, 0.1) is 0 Å². The zero-order chi connectivity index (χ0) is 15.2. The van der Waals surface area contributed by atoms with Gasteiger partial charge in [-0.2, -0.15) is 13.9 Å². The zero-order valence-electron chi connectivity index (χ0n) is 11.5. The van der Waals surface area contributed by atoms with Crippen LogP contribution in [0.5, 0.6) is 5.75 Å². The summed E-state index contributed by atoms with van der Waals surface area (Å²) in [6.45, 7) is -0.275. The normalized spacial score (nSPS) is 12.6. The van der Waals surface area contributed by atoms with Gasteiger partial charge in [-0.05, 0) is 13.0 Å². The monoisotopic (exact) mass is 297 g/mol. The summed E-state index contributed by atoms with van der Waals surface area (Å²) >= 11 is 0. The lowest BCUT2D eigenvalue weighted by atomic mass is 10.0. The van der Waals surface area contributed by atoms with Crippen molar-refractivity contribution in [1.29, 1.82) is 0 Å². The van der Waals surface area contributed by atoms with Crippen molar-refractivity contribution >= 4 is 0 Å². The van der Waals surface area contributed by atoms with E-state index in [0.717, 1.165) is 0 Å². The SMILES string of the molecule is CCn1ncnc1CC(NN)c1ccccc1OC(F)F. The second-order valence-electron chi connectivity index (χ2n) is 4.33. The van der Waals surface area contributed by atoms with Crippen molar-refractivity contribution in [3.05, 3.63) is 42.0 Å². The van der Waals surface area contributed by atoms with E-state index in [0.29, 0.717) is 24.4 Å². The minimum atomic E-state index is -2.89. The average molecular weight is 297 g/mol. The maximum Gasteiger partial charge on any atom is 0.387 e. The lowest BCUT2D eigenvalue weighted by Gasteiger charge is -2.19. The van der Waals surface area contributed by atoms with E-state index in [1.54, 1.807) is 22.9 Å². The van der Waals surface area contributed by atoms with Crippen LogP contribution < -0.4 is 16.0 Å². The van der Waals surface area contributed by atoms with Crippen molar-refractivity contribution in [1.82, 2.24) is 20.2 Å². The molecule has 0 radical (unpaired) electrons. The Morgan fingerprint density at radius 1 is 1.38 bits per heavy atom. The summed E-state index contributed by atoms with van der Waals surface area (Å²) < 4.78 is 31.2. The highest BCUT2D eigenvalue weighted by atomic mass is 19.3. The first-order chi connectivity index (χ1) is 10.2. The van der Waals surface area contributed by atoms with Crippen LogP contribution in [0.2, 0.25) is 0 Å². The van der Waals surface area contributed by atoms with E-state index in [1.165, 1.54) is 12.4 Å². The Balaban J connectivity index is 2.25. The second-order valence-corrected chi connectivity index (χ2v) is 4.33. The number of para-hydroxylation sites is 1. The van der Waals surface area contributed by atoms with E-state index in [1.807, 2.05) is 6.92 Å². The Morgan fingerprint density at radius 2 is 2.14 bits per heavy atom. The minimum absolute atomic E-state index is 0.0954. The van der Waals surface area contributed by atoms with Crippen LogP contribution in [0.25, 0.3) is 0 Å². The van der Waals surface area contributed by atoms with Gasteiger partial charge in [-0.1, -0.05) is 18.2 Å². The Morgan fingerprint density at radius 3 is 2.81 bits per heavy atom. The summed E-state index contributed by atoms with van der Waals surface area (Å²) in [6, 6.07) is 6.13. The molecule has 1 unspecified atom stereocenters. The molecule has 21 heavy (non-hydrogen) atoms. The number of ether oxygens (including phenoxy) is 1. The van der Waals surface area contributed by atoms with E-state index < -0.39 is 12.7 Å². The molecule has 114 valence electrons. The molecule has 0 saturated carbocycles. The molecule has 1 aromatic heterocycles. The molecule has 6 nitrogen and oxygen atoms in total. The van der Waals surface area contributed by atoms with Crippen LogP contribution in [0.15, 0.2) is 30.6 Å². The number of benzene rings is 1. The summed E-state index contributed by atoms with van der Waals surface area (Å²) in [5, 5.41) is 4.07. The molecular weight excluding hydrogens is 280 g/mol. The number of alkyl halides is 2. The number of hydrazine groups is 1. The van der Waals surface area contributed by atoms with Crippen LogP contribution in [0.3, 0.4) is 0 Å². The number of halogens is 2. The number of nitrogens with one attached hydrogen (secondary N) is 1. The molecule has 3 N–H and O–H groups in total. The minimum Gasteiger partial charge on any atom is -0.434 e. The summed E-state index contributed by atoms with van der Waals surface area (Å²) in [4.78, 5) is 4.16. The van der Waals surface area contributed by atoms with Gasteiger partial charge >= 0.3 is 6.61 Å². The fraction of sp³-hybridized carbons (Fsp3) is 0.385. The van der Waals surface area contributed by atoms with Crippen molar-refractivity contribution in [2.75, 3.05) is 0 Å². The van der Waals surface area contributed by atoms with E-state index in [2.05, 4.69) is 20.2 Å². The highest BCUT2D eigenvalue weighted by molar-refractivity contribution is 5.36. The quantitative estimate of drug-likeness (QED) is 0.600. The van der Waals surface area contributed by atoms with Crippen LogP contribution in [0.1, 0.15) is 24.4 Å². The Kier molecular flexibility index (Phi) is 5.18. The standard InChI is InChI=1S/C13H17F2N5O/c1-2-20-12(17-8-18-20)7-10(19-16)9-5-3-4-6-11(9)21-13(14)15/h3-6,8,10,13,19H,2,7,16H2,1H3. The lowest BCUT2D eigenvalue weighted by molar-refractivity contribution is -0.0507. The van der Waals surface area contributed by atoms with Gasteiger partial charge in [0.05, 0.1) is 6.04 Å². The molecule has 0 saturated heterocycles. The number of nitrogens with two attached hydrogens (primary N) is 1. The Hall–Kier alpha value is -2.06. The third-order valence-electron chi connectivity index (χ3n) is 3.09. The zero-order valence-corrected chi connectivity index (χ0v) is 11.5. The number of nitrogens with zero attached hydrogens (tertiary/aromatic N) is 3. The number of hydrogen-bond acceptors (Lipinski definition) is 5. The lowest BCUT2D eigenvalue weighted by Crippen LogP contribution is -2.31. The van der Waals surface area contributed by atoms with Gasteiger partial charge < -0.3 is 4.74 Å². The first kappa shape index (κ1) is 15.3. The molecule has 0 aliphatic heterocycles. The van der Waals surface area contributed by atoms with Gasteiger partial charge in [0.2, 0.25) is 0 Å². The number of hydrogen-bond donors (Lipinski definition) is 2. The third-order valence-corrected chi connectivity index (χ3v) is 3.09. The van der Waals surface area contributed by atoms with Gasteiger partial charge in [0.1, 0.15) is 17.9 Å². The van der Waals surface area contributed by atoms with Gasteiger partial charge in [0.15, 0.2) is 0 Å². The molecule has 8 heteroatoms. The van der Waals surface area contributed by atoms with Gasteiger partial charge in [0, 0.05) is 18.5 Å². The molecule has 0 spiro atoms. The van der Waals surface area contributed by atoms with Crippen molar-refractivity contribution in [2.24, 2.45) is 5.84 Å². The molecular formula is C13H17F2N5O. The van der Waals surface area contributed by atoms with Crippen LogP contribution in [0.4, 0.5) is 8.78 Å². The van der Waals surface area contributed by atoms with Crippen LogP contribution in [-0.2, 0) is 13.0 Å². The average Bonchev–Trinajstić information content (AvgIpc) is 2.92. The van der Waals surface area contributed by atoms with Crippen LogP contribution >= 0.6 is 0 Å². The summed E-state index contributed by atoms with van der Waals surface area (Å²) in [5.41, 5.74) is 3.16. The molecule has 0 bridgehead atoms. The first-order valence-electron chi connectivity index (χ1n) is 6.52. The van der Waals surface area contributed by atoms with Crippen LogP contribution in [-0.4, -0.2) is 21.4 Å². The topological polar surface area (TPSA) is 78.0 Å². The van der Waals surface area contributed by atoms with E-state index in [4.69, 9.17) is 5.84 Å². The van der Waals surface area contributed by atoms with E-state index in [9.17, 15) is 8.78 Å². The molecule has 1 heterocycles. The Labute approximate surface area is 120 Å². The van der Waals surface area contributed by atoms with Gasteiger partial charge in [-0.15, -0.1) is 0 Å². The molecule has 0 aliphatic carbocycles. The largest absolute Gasteiger partial charge is 0.434 e. The fourth-order valence-electron chi connectivity index (χ4n) is 2.12. The molecule has 2 rings (SSSR count). The van der Waals surface area contributed by atoms with E-state index >= 15 is 0 Å². The summed E-state index contributed by atoms with van der Waals surface area (Å²) in [5.74, 6) is 6.37. The van der Waals surface area contributed by atoms with Crippen molar-refractivity contribution in [2.45, 2.75) is 32.5 Å². The van der Waals surface area contributed by atoms with Crippen molar-refractivity contribution < 1.29 is 13.5 Å². The molecule has 0 fully saturated rings. The molecule has 1 atom stereocenters. The number of aromatic nitrogens is 3. The molecule has 0 aliphatic rings. The van der Waals surface area contributed by atoms with Crippen molar-refractivity contribution in [3.8, 4) is 5.75 Å². The predicted molar refractivity (Wildman–Crippen MR) is 72.5 cm³/mol.